The molecule has 3 nitrogen and oxygen atoms in total. The average Bonchev–Trinajstić information content (AvgIpc) is 2.25. The Hall–Kier alpha value is -1.17. The highest BCUT2D eigenvalue weighted by atomic mass is 32.2. The fourth-order valence-electron chi connectivity index (χ4n) is 1.42. The Morgan fingerprint density at radius 1 is 1.47 bits per heavy atom. The predicted molar refractivity (Wildman–Crippen MR) is 67.9 cm³/mol. The molecule has 0 amide bonds. The first-order valence-corrected chi connectivity index (χ1v) is 6.95. The number of halogens is 2. The molecular formula is C11H16F2N2OS. The number of rotatable bonds is 6. The molecule has 0 fully saturated rings. The fraction of sp³-hybridized carbons (Fsp3) is 0.455. The van der Waals surface area contributed by atoms with Gasteiger partial charge in [0.2, 0.25) is 0 Å². The maximum absolute atomic E-state index is 12.7. The van der Waals surface area contributed by atoms with Gasteiger partial charge in [-0.05, 0) is 24.6 Å². The summed E-state index contributed by atoms with van der Waals surface area (Å²) in [5.41, 5.74) is 6.07. The van der Waals surface area contributed by atoms with Crippen LogP contribution in [0.25, 0.3) is 0 Å². The van der Waals surface area contributed by atoms with Crippen molar-refractivity contribution in [1.82, 2.24) is 0 Å². The molecule has 6 heteroatoms. The summed E-state index contributed by atoms with van der Waals surface area (Å²) >= 11 is 0. The minimum Gasteiger partial charge on any atom is -0.399 e. The SMILES string of the molecule is CS(=O)CCCNc1ccc(N)cc1C(F)F. The maximum Gasteiger partial charge on any atom is 0.265 e. The second kappa shape index (κ2) is 6.54. The molecule has 0 aliphatic heterocycles. The van der Waals surface area contributed by atoms with Crippen molar-refractivity contribution in [1.29, 1.82) is 0 Å². The van der Waals surface area contributed by atoms with Gasteiger partial charge in [-0.1, -0.05) is 0 Å². The molecule has 0 aliphatic rings. The zero-order valence-corrected chi connectivity index (χ0v) is 10.4. The Labute approximate surface area is 102 Å². The van der Waals surface area contributed by atoms with Crippen molar-refractivity contribution in [3.8, 4) is 0 Å². The first kappa shape index (κ1) is 13.9. The maximum atomic E-state index is 12.7. The largest absolute Gasteiger partial charge is 0.399 e. The molecule has 0 saturated heterocycles. The van der Waals surface area contributed by atoms with Crippen LogP contribution in [0.15, 0.2) is 18.2 Å². The van der Waals surface area contributed by atoms with Crippen LogP contribution in [0.1, 0.15) is 18.4 Å². The molecule has 0 spiro atoms. The molecule has 17 heavy (non-hydrogen) atoms. The van der Waals surface area contributed by atoms with Crippen LogP contribution in [-0.2, 0) is 10.8 Å². The van der Waals surface area contributed by atoms with Crippen LogP contribution in [0.3, 0.4) is 0 Å². The number of benzene rings is 1. The van der Waals surface area contributed by atoms with Gasteiger partial charge in [0.1, 0.15) is 0 Å². The summed E-state index contributed by atoms with van der Waals surface area (Å²) in [5, 5.41) is 2.91. The molecule has 0 radical (unpaired) electrons. The molecule has 96 valence electrons. The molecule has 1 rings (SSSR count). The van der Waals surface area contributed by atoms with Gasteiger partial charge in [-0.25, -0.2) is 8.78 Å². The van der Waals surface area contributed by atoms with Crippen LogP contribution in [-0.4, -0.2) is 22.8 Å². The molecule has 0 aliphatic carbocycles. The lowest BCUT2D eigenvalue weighted by Crippen LogP contribution is -2.08. The molecular weight excluding hydrogens is 246 g/mol. The van der Waals surface area contributed by atoms with Crippen LogP contribution in [0, 0.1) is 0 Å². The van der Waals surface area contributed by atoms with E-state index in [4.69, 9.17) is 5.73 Å². The van der Waals surface area contributed by atoms with E-state index < -0.39 is 17.2 Å². The third-order valence-corrected chi connectivity index (χ3v) is 3.10. The molecule has 3 N–H and O–H groups in total. The molecule has 0 heterocycles. The Balaban J connectivity index is 2.61. The van der Waals surface area contributed by atoms with E-state index in [1.807, 2.05) is 0 Å². The Morgan fingerprint density at radius 3 is 2.76 bits per heavy atom. The highest BCUT2D eigenvalue weighted by Gasteiger charge is 2.12. The zero-order chi connectivity index (χ0) is 12.8. The molecule has 1 unspecified atom stereocenters. The summed E-state index contributed by atoms with van der Waals surface area (Å²) in [4.78, 5) is 0. The summed E-state index contributed by atoms with van der Waals surface area (Å²) < 4.78 is 36.2. The molecule has 0 saturated carbocycles. The highest BCUT2D eigenvalue weighted by molar-refractivity contribution is 7.84. The van der Waals surface area contributed by atoms with Crippen LogP contribution in [0.2, 0.25) is 0 Å². The van der Waals surface area contributed by atoms with Gasteiger partial charge in [0.15, 0.2) is 0 Å². The van der Waals surface area contributed by atoms with E-state index in [0.29, 0.717) is 30.1 Å². The quantitative estimate of drug-likeness (QED) is 0.611. The topological polar surface area (TPSA) is 55.1 Å². The first-order valence-electron chi connectivity index (χ1n) is 5.22. The number of hydrogen-bond acceptors (Lipinski definition) is 3. The van der Waals surface area contributed by atoms with Gasteiger partial charge in [-0.15, -0.1) is 0 Å². The summed E-state index contributed by atoms with van der Waals surface area (Å²) in [7, 11) is -0.849. The summed E-state index contributed by atoms with van der Waals surface area (Å²) in [6.07, 6.45) is -0.259. The van der Waals surface area contributed by atoms with E-state index in [2.05, 4.69) is 5.32 Å². The van der Waals surface area contributed by atoms with Crippen LogP contribution in [0.4, 0.5) is 20.2 Å². The van der Waals surface area contributed by atoms with Crippen molar-refractivity contribution in [2.24, 2.45) is 0 Å². The van der Waals surface area contributed by atoms with Crippen LogP contribution in [0.5, 0.6) is 0 Å². The van der Waals surface area contributed by atoms with Gasteiger partial charge in [0.05, 0.1) is 0 Å². The lowest BCUT2D eigenvalue weighted by Gasteiger charge is -2.12. The standard InChI is InChI=1S/C11H16F2N2OS/c1-17(16)6-2-5-15-10-4-3-8(14)7-9(10)11(12)13/h3-4,7,11,15H,2,5-6,14H2,1H3. The normalized spacial score (nSPS) is 12.7. The second-order valence-electron chi connectivity index (χ2n) is 3.71. The minimum absolute atomic E-state index is 0.0948. The van der Waals surface area contributed by atoms with Crippen molar-refractivity contribution >= 4 is 22.2 Å². The second-order valence-corrected chi connectivity index (χ2v) is 5.26. The van der Waals surface area contributed by atoms with E-state index in [0.717, 1.165) is 0 Å². The third kappa shape index (κ3) is 4.68. The van der Waals surface area contributed by atoms with E-state index >= 15 is 0 Å². The lowest BCUT2D eigenvalue weighted by molar-refractivity contribution is 0.152. The molecule has 1 atom stereocenters. The van der Waals surface area contributed by atoms with Gasteiger partial charge in [0, 0.05) is 46.3 Å². The molecule has 0 aromatic heterocycles. The Bertz CT molecular complexity index is 399. The summed E-state index contributed by atoms with van der Waals surface area (Å²) in [6.45, 7) is 0.517. The molecule has 0 bridgehead atoms. The zero-order valence-electron chi connectivity index (χ0n) is 9.58. The van der Waals surface area contributed by atoms with Gasteiger partial charge < -0.3 is 11.1 Å². The van der Waals surface area contributed by atoms with Crippen molar-refractivity contribution in [3.05, 3.63) is 23.8 Å². The number of nitrogens with two attached hydrogens (primary N) is 1. The van der Waals surface area contributed by atoms with Crippen LogP contribution >= 0.6 is 0 Å². The number of nitrogen functional groups attached to an aromatic ring is 1. The van der Waals surface area contributed by atoms with Gasteiger partial charge in [-0.3, -0.25) is 4.21 Å². The van der Waals surface area contributed by atoms with Crippen molar-refractivity contribution < 1.29 is 13.0 Å². The van der Waals surface area contributed by atoms with Crippen LogP contribution < -0.4 is 11.1 Å². The monoisotopic (exact) mass is 262 g/mol. The number of hydrogen-bond donors (Lipinski definition) is 2. The average molecular weight is 262 g/mol. The van der Waals surface area contributed by atoms with E-state index in [1.165, 1.54) is 6.07 Å². The Morgan fingerprint density at radius 2 is 2.18 bits per heavy atom. The molecule has 1 aromatic rings. The fourth-order valence-corrected chi connectivity index (χ4v) is 1.97. The minimum atomic E-state index is -2.55. The van der Waals surface area contributed by atoms with Crippen molar-refractivity contribution in [2.75, 3.05) is 29.6 Å². The summed E-state index contributed by atoms with van der Waals surface area (Å²) in [5.74, 6) is 0.561. The summed E-state index contributed by atoms with van der Waals surface area (Å²) in [6, 6.07) is 4.39. The van der Waals surface area contributed by atoms with E-state index in [1.54, 1.807) is 18.4 Å². The number of anilines is 2. The van der Waals surface area contributed by atoms with Gasteiger partial charge >= 0.3 is 0 Å². The predicted octanol–water partition coefficient (Wildman–Crippen LogP) is 2.39. The van der Waals surface area contributed by atoms with Crippen molar-refractivity contribution in [3.63, 3.8) is 0 Å². The number of alkyl halides is 2. The number of nitrogens with one attached hydrogen (secondary N) is 1. The lowest BCUT2D eigenvalue weighted by atomic mass is 10.1. The molecule has 1 aromatic carbocycles. The van der Waals surface area contributed by atoms with Gasteiger partial charge in [0.25, 0.3) is 6.43 Å². The first-order chi connectivity index (χ1) is 8.00. The smallest absolute Gasteiger partial charge is 0.265 e. The highest BCUT2D eigenvalue weighted by Crippen LogP contribution is 2.28. The third-order valence-electron chi connectivity index (χ3n) is 2.23. The Kier molecular flexibility index (Phi) is 5.34. The van der Waals surface area contributed by atoms with E-state index in [-0.39, 0.29) is 5.56 Å². The van der Waals surface area contributed by atoms with E-state index in [9.17, 15) is 13.0 Å². The van der Waals surface area contributed by atoms with Gasteiger partial charge in [-0.2, -0.15) is 0 Å². The van der Waals surface area contributed by atoms with Crippen molar-refractivity contribution in [2.45, 2.75) is 12.8 Å².